The molecule has 0 radical (unpaired) electrons. The third kappa shape index (κ3) is 5.08. The van der Waals surface area contributed by atoms with Gasteiger partial charge in [-0.05, 0) is 36.4 Å². The molecule has 0 aliphatic heterocycles. The molecule has 1 heterocycles. The van der Waals surface area contributed by atoms with Crippen molar-refractivity contribution in [2.75, 3.05) is 18.9 Å². The minimum Gasteiger partial charge on any atom is -0.332 e. The van der Waals surface area contributed by atoms with E-state index >= 15 is 0 Å². The van der Waals surface area contributed by atoms with E-state index in [1.165, 1.54) is 4.90 Å². The normalized spacial score (nSPS) is 10.6. The average Bonchev–Trinajstić information content (AvgIpc) is 3.32. The molecule has 2 amide bonds. The van der Waals surface area contributed by atoms with E-state index in [1.807, 2.05) is 42.5 Å². The van der Waals surface area contributed by atoms with Crippen LogP contribution in [0.1, 0.15) is 10.4 Å². The van der Waals surface area contributed by atoms with Crippen molar-refractivity contribution < 1.29 is 9.59 Å². The standard InChI is InChI=1S/C25H20Cl2N4O2/c1-30(16-23(32)29-24-20(26)11-6-12-21(24)27)25(33)18-9-5-10-19(15-18)31-22(13-14-28-31)17-7-3-2-4-8-17/h2-15H,16H2,1H3,(H,29,32). The summed E-state index contributed by atoms with van der Waals surface area (Å²) in [7, 11) is 1.56. The molecule has 0 fully saturated rings. The minimum absolute atomic E-state index is 0.165. The number of likely N-dealkylation sites (N-methyl/N-ethyl adjacent to an activating group) is 1. The molecule has 0 saturated heterocycles. The second-order valence-electron chi connectivity index (χ2n) is 7.35. The molecule has 0 bridgehead atoms. The fourth-order valence-corrected chi connectivity index (χ4v) is 3.90. The second-order valence-corrected chi connectivity index (χ2v) is 8.17. The van der Waals surface area contributed by atoms with Gasteiger partial charge < -0.3 is 10.2 Å². The molecule has 0 saturated carbocycles. The number of halogens is 2. The Balaban J connectivity index is 1.50. The number of aromatic nitrogens is 2. The number of carbonyl (C=O) groups is 2. The number of anilines is 1. The molecule has 4 aromatic rings. The third-order valence-electron chi connectivity index (χ3n) is 5.00. The number of para-hydroxylation sites is 1. The molecule has 1 N–H and O–H groups in total. The number of nitrogens with one attached hydrogen (secondary N) is 1. The van der Waals surface area contributed by atoms with Crippen LogP contribution in [0.3, 0.4) is 0 Å². The van der Waals surface area contributed by atoms with Gasteiger partial charge >= 0.3 is 0 Å². The van der Waals surface area contributed by atoms with Gasteiger partial charge in [0.15, 0.2) is 0 Å². The highest BCUT2D eigenvalue weighted by atomic mass is 35.5. The summed E-state index contributed by atoms with van der Waals surface area (Å²) in [5, 5.41) is 7.74. The summed E-state index contributed by atoms with van der Waals surface area (Å²) in [6.45, 7) is -0.165. The number of rotatable bonds is 6. The van der Waals surface area contributed by atoms with Gasteiger partial charge in [-0.25, -0.2) is 4.68 Å². The van der Waals surface area contributed by atoms with Crippen molar-refractivity contribution in [2.24, 2.45) is 0 Å². The van der Waals surface area contributed by atoms with Crippen LogP contribution in [0.25, 0.3) is 16.9 Å². The maximum absolute atomic E-state index is 13.0. The second kappa shape index (κ2) is 9.90. The van der Waals surface area contributed by atoms with Crippen LogP contribution in [-0.2, 0) is 4.79 Å². The summed E-state index contributed by atoms with van der Waals surface area (Å²) >= 11 is 12.2. The van der Waals surface area contributed by atoms with Crippen LogP contribution in [0.5, 0.6) is 0 Å². The van der Waals surface area contributed by atoms with Crippen LogP contribution in [0.2, 0.25) is 10.0 Å². The summed E-state index contributed by atoms with van der Waals surface area (Å²) in [4.78, 5) is 26.8. The van der Waals surface area contributed by atoms with Crippen LogP contribution in [0.4, 0.5) is 5.69 Å². The lowest BCUT2D eigenvalue weighted by Gasteiger charge is -2.18. The van der Waals surface area contributed by atoms with Crippen molar-refractivity contribution in [3.05, 3.63) is 101 Å². The van der Waals surface area contributed by atoms with Gasteiger partial charge in [-0.3, -0.25) is 9.59 Å². The summed E-state index contributed by atoms with van der Waals surface area (Å²) < 4.78 is 1.78. The summed E-state index contributed by atoms with van der Waals surface area (Å²) in [6, 6.07) is 23.9. The van der Waals surface area contributed by atoms with Gasteiger partial charge in [0, 0.05) is 18.2 Å². The maximum atomic E-state index is 13.0. The van der Waals surface area contributed by atoms with Crippen molar-refractivity contribution in [3.63, 3.8) is 0 Å². The van der Waals surface area contributed by atoms with Crippen molar-refractivity contribution in [2.45, 2.75) is 0 Å². The first-order valence-electron chi connectivity index (χ1n) is 10.1. The van der Waals surface area contributed by atoms with Gasteiger partial charge in [0.2, 0.25) is 5.91 Å². The molecular formula is C25H20Cl2N4O2. The zero-order valence-corrected chi connectivity index (χ0v) is 19.2. The van der Waals surface area contributed by atoms with Gasteiger partial charge in [-0.1, -0.05) is 65.7 Å². The molecule has 0 aliphatic rings. The topological polar surface area (TPSA) is 67.2 Å². The van der Waals surface area contributed by atoms with Gasteiger partial charge in [-0.15, -0.1) is 0 Å². The quantitative estimate of drug-likeness (QED) is 0.394. The highest BCUT2D eigenvalue weighted by molar-refractivity contribution is 6.39. The van der Waals surface area contributed by atoms with E-state index in [0.717, 1.165) is 16.9 Å². The Kier molecular flexibility index (Phi) is 6.77. The Hall–Kier alpha value is -3.61. The van der Waals surface area contributed by atoms with Gasteiger partial charge in [0.1, 0.15) is 0 Å². The molecule has 0 spiro atoms. The predicted octanol–water partition coefficient (Wildman–Crippen LogP) is 5.56. The maximum Gasteiger partial charge on any atom is 0.254 e. The third-order valence-corrected chi connectivity index (χ3v) is 5.63. The Bertz CT molecular complexity index is 1280. The molecule has 0 unspecified atom stereocenters. The van der Waals surface area contributed by atoms with Crippen LogP contribution < -0.4 is 5.32 Å². The average molecular weight is 479 g/mol. The van der Waals surface area contributed by atoms with Crippen molar-refractivity contribution >= 4 is 40.7 Å². The van der Waals surface area contributed by atoms with Gasteiger partial charge in [0.25, 0.3) is 5.91 Å². The minimum atomic E-state index is -0.407. The highest BCUT2D eigenvalue weighted by Gasteiger charge is 2.18. The predicted molar refractivity (Wildman–Crippen MR) is 131 cm³/mol. The van der Waals surface area contributed by atoms with E-state index in [4.69, 9.17) is 23.2 Å². The smallest absolute Gasteiger partial charge is 0.254 e. The lowest BCUT2D eigenvalue weighted by Crippen LogP contribution is -2.35. The Morgan fingerprint density at radius 1 is 0.939 bits per heavy atom. The fraction of sp³-hybridized carbons (Fsp3) is 0.0800. The summed E-state index contributed by atoms with van der Waals surface area (Å²) in [5.41, 5.74) is 3.42. The van der Waals surface area contributed by atoms with E-state index in [1.54, 1.807) is 54.3 Å². The number of hydrogen-bond donors (Lipinski definition) is 1. The zero-order chi connectivity index (χ0) is 23.4. The van der Waals surface area contributed by atoms with Crippen LogP contribution >= 0.6 is 23.2 Å². The molecule has 0 atom stereocenters. The van der Waals surface area contributed by atoms with E-state index in [-0.39, 0.29) is 12.5 Å². The van der Waals surface area contributed by atoms with Crippen molar-refractivity contribution in [1.82, 2.24) is 14.7 Å². The fourth-order valence-electron chi connectivity index (χ4n) is 3.41. The molecule has 8 heteroatoms. The monoisotopic (exact) mass is 478 g/mol. The number of amides is 2. The molecule has 3 aromatic carbocycles. The molecular weight excluding hydrogens is 459 g/mol. The molecule has 166 valence electrons. The van der Waals surface area contributed by atoms with Gasteiger partial charge in [-0.2, -0.15) is 5.10 Å². The van der Waals surface area contributed by atoms with E-state index < -0.39 is 5.91 Å². The Morgan fingerprint density at radius 2 is 1.64 bits per heavy atom. The molecule has 1 aromatic heterocycles. The largest absolute Gasteiger partial charge is 0.332 e. The van der Waals surface area contributed by atoms with E-state index in [9.17, 15) is 9.59 Å². The Morgan fingerprint density at radius 3 is 2.36 bits per heavy atom. The van der Waals surface area contributed by atoms with Crippen molar-refractivity contribution in [3.8, 4) is 16.9 Å². The first-order chi connectivity index (χ1) is 15.9. The van der Waals surface area contributed by atoms with E-state index in [0.29, 0.717) is 21.3 Å². The van der Waals surface area contributed by atoms with Crippen LogP contribution in [-0.4, -0.2) is 40.1 Å². The lowest BCUT2D eigenvalue weighted by molar-refractivity contribution is -0.116. The number of carbonyl (C=O) groups excluding carboxylic acids is 2. The summed E-state index contributed by atoms with van der Waals surface area (Å²) in [5.74, 6) is -0.707. The highest BCUT2D eigenvalue weighted by Crippen LogP contribution is 2.29. The SMILES string of the molecule is CN(CC(=O)Nc1c(Cl)cccc1Cl)C(=O)c1cccc(-n2nccc2-c2ccccc2)c1. The zero-order valence-electron chi connectivity index (χ0n) is 17.7. The number of nitrogens with zero attached hydrogens (tertiary/aromatic N) is 3. The number of benzene rings is 3. The van der Waals surface area contributed by atoms with Crippen molar-refractivity contribution in [1.29, 1.82) is 0 Å². The van der Waals surface area contributed by atoms with Crippen LogP contribution in [0.15, 0.2) is 85.1 Å². The first kappa shape index (κ1) is 22.6. The summed E-state index contributed by atoms with van der Waals surface area (Å²) in [6.07, 6.45) is 1.72. The molecule has 4 rings (SSSR count). The molecule has 0 aliphatic carbocycles. The lowest BCUT2D eigenvalue weighted by atomic mass is 10.1. The number of hydrogen-bond acceptors (Lipinski definition) is 3. The first-order valence-corrected chi connectivity index (χ1v) is 10.9. The van der Waals surface area contributed by atoms with E-state index in [2.05, 4.69) is 10.4 Å². The Labute approximate surface area is 201 Å². The van der Waals surface area contributed by atoms with Crippen LogP contribution in [0, 0.1) is 0 Å². The molecule has 33 heavy (non-hydrogen) atoms. The molecule has 6 nitrogen and oxygen atoms in total. The van der Waals surface area contributed by atoms with Gasteiger partial charge in [0.05, 0.1) is 39.9 Å².